The van der Waals surface area contributed by atoms with Crippen molar-refractivity contribution in [3.8, 4) is 0 Å². The smallest absolute Gasteiger partial charge is 0.320 e. The summed E-state index contributed by atoms with van der Waals surface area (Å²) < 4.78 is 0. The maximum Gasteiger partial charge on any atom is 0.320 e. The molecule has 0 bridgehead atoms. The van der Waals surface area contributed by atoms with Crippen molar-refractivity contribution in [3.05, 3.63) is 0 Å². The lowest BCUT2D eigenvalue weighted by Gasteiger charge is -2.23. The number of carbonyl (C=O) groups is 2. The second-order valence-electron chi connectivity index (χ2n) is 8.54. The Kier molecular flexibility index (Phi) is 6.97. The molecule has 4 heterocycles. The van der Waals surface area contributed by atoms with E-state index in [1.165, 1.54) is 0 Å². The molecule has 28 heavy (non-hydrogen) atoms. The van der Waals surface area contributed by atoms with Crippen LogP contribution >= 0.6 is 0 Å². The van der Waals surface area contributed by atoms with E-state index >= 15 is 0 Å². The van der Waals surface area contributed by atoms with Gasteiger partial charge in [-0.2, -0.15) is 0 Å². The van der Waals surface area contributed by atoms with E-state index in [0.29, 0.717) is 26.2 Å². The van der Waals surface area contributed by atoms with Gasteiger partial charge in [-0.05, 0) is 25.7 Å². The van der Waals surface area contributed by atoms with Crippen molar-refractivity contribution in [1.82, 2.24) is 19.6 Å². The van der Waals surface area contributed by atoms with E-state index in [-0.39, 0.29) is 36.2 Å². The Morgan fingerprint density at radius 1 is 0.500 bits per heavy atom. The molecule has 4 amide bonds. The Bertz CT molecular complexity index is 470. The van der Waals surface area contributed by atoms with Crippen LogP contribution in [0.2, 0.25) is 0 Å². The van der Waals surface area contributed by atoms with Gasteiger partial charge in [-0.3, -0.25) is 0 Å². The van der Waals surface area contributed by atoms with Crippen molar-refractivity contribution in [2.24, 2.45) is 22.9 Å². The first kappa shape index (κ1) is 21.1. The van der Waals surface area contributed by atoms with E-state index in [1.807, 2.05) is 19.6 Å². The highest BCUT2D eigenvalue weighted by molar-refractivity contribution is 5.75. The van der Waals surface area contributed by atoms with Gasteiger partial charge in [0.25, 0.3) is 0 Å². The van der Waals surface area contributed by atoms with Crippen molar-refractivity contribution in [2.75, 3.05) is 52.4 Å². The van der Waals surface area contributed by atoms with E-state index in [9.17, 15) is 9.59 Å². The second-order valence-corrected chi connectivity index (χ2v) is 8.54. The Labute approximate surface area is 167 Å². The van der Waals surface area contributed by atoms with Gasteiger partial charge in [0.05, 0.1) is 0 Å². The summed E-state index contributed by atoms with van der Waals surface area (Å²) in [7, 11) is 0. The van der Waals surface area contributed by atoms with Crippen molar-refractivity contribution < 1.29 is 9.59 Å². The molecule has 0 aromatic rings. The lowest BCUT2D eigenvalue weighted by Crippen LogP contribution is -2.42. The molecule has 4 fully saturated rings. The van der Waals surface area contributed by atoms with Crippen molar-refractivity contribution in [3.63, 3.8) is 0 Å². The van der Waals surface area contributed by atoms with Crippen LogP contribution in [0, 0.1) is 0 Å². The van der Waals surface area contributed by atoms with Gasteiger partial charge in [0.2, 0.25) is 0 Å². The summed E-state index contributed by atoms with van der Waals surface area (Å²) in [5.74, 6) is 0. The van der Waals surface area contributed by atoms with Gasteiger partial charge in [0.15, 0.2) is 0 Å². The zero-order valence-corrected chi connectivity index (χ0v) is 16.7. The Morgan fingerprint density at radius 3 is 0.857 bits per heavy atom. The lowest BCUT2D eigenvalue weighted by molar-refractivity contribution is 0.171. The number of amides is 4. The molecule has 10 nitrogen and oxygen atoms in total. The molecule has 0 unspecified atom stereocenters. The third kappa shape index (κ3) is 5.25. The summed E-state index contributed by atoms with van der Waals surface area (Å²) in [5.41, 5.74) is 23.0. The number of hydrogen-bond donors (Lipinski definition) is 4. The van der Waals surface area contributed by atoms with Crippen LogP contribution in [0.5, 0.6) is 0 Å². The zero-order valence-electron chi connectivity index (χ0n) is 16.7. The zero-order chi connectivity index (χ0) is 20.3. The van der Waals surface area contributed by atoms with E-state index in [4.69, 9.17) is 22.9 Å². The fourth-order valence-corrected chi connectivity index (χ4v) is 4.24. The topological polar surface area (TPSA) is 151 Å². The van der Waals surface area contributed by atoms with Crippen LogP contribution < -0.4 is 22.9 Å². The van der Waals surface area contributed by atoms with Gasteiger partial charge in [0.1, 0.15) is 0 Å². The molecule has 4 saturated heterocycles. The van der Waals surface area contributed by atoms with E-state index in [1.54, 1.807) is 0 Å². The summed E-state index contributed by atoms with van der Waals surface area (Å²) in [5, 5.41) is 0. The van der Waals surface area contributed by atoms with Crippen LogP contribution in [0.25, 0.3) is 0 Å². The predicted molar refractivity (Wildman–Crippen MR) is 107 cm³/mol. The molecule has 0 aromatic carbocycles. The number of carbonyl (C=O) groups excluding carboxylic acids is 2. The highest BCUT2D eigenvalue weighted by atomic mass is 16.2. The summed E-state index contributed by atoms with van der Waals surface area (Å²) in [4.78, 5) is 31.1. The fourth-order valence-electron chi connectivity index (χ4n) is 4.24. The van der Waals surface area contributed by atoms with Crippen LogP contribution in [-0.2, 0) is 0 Å². The third-order valence-corrected chi connectivity index (χ3v) is 5.98. The van der Waals surface area contributed by atoms with Gasteiger partial charge in [-0.25, -0.2) is 9.59 Å². The number of hydrogen-bond acceptors (Lipinski definition) is 6. The molecule has 0 radical (unpaired) electrons. The summed E-state index contributed by atoms with van der Waals surface area (Å²) >= 11 is 0. The minimum absolute atomic E-state index is 0.117. The fraction of sp³-hybridized carbons (Fsp3) is 0.889. The number of rotatable bonds is 0. The highest BCUT2D eigenvalue weighted by Gasteiger charge is 2.32. The number of urea groups is 2. The molecule has 4 aliphatic heterocycles. The van der Waals surface area contributed by atoms with E-state index < -0.39 is 0 Å². The number of nitrogens with zero attached hydrogens (tertiary/aromatic N) is 4. The molecule has 0 saturated carbocycles. The molecule has 10 heteroatoms. The molecule has 4 atom stereocenters. The first-order valence-corrected chi connectivity index (χ1v) is 10.4. The predicted octanol–water partition coefficient (Wildman–Crippen LogP) is -1.66. The van der Waals surface area contributed by atoms with Gasteiger partial charge in [-0.1, -0.05) is 0 Å². The standard InChI is InChI=1S/2C9H18N4O/c2*10-7-1-3-12(5-7)9(14)13-4-2-8(11)6-13/h2*7-8H,1-6,10-11H2/t2*7-,8-/m11/s1. The Morgan fingerprint density at radius 2 is 0.714 bits per heavy atom. The maximum absolute atomic E-state index is 11.9. The molecular weight excluding hydrogens is 360 g/mol. The van der Waals surface area contributed by atoms with Gasteiger partial charge < -0.3 is 42.5 Å². The molecular formula is C18H36N8O2. The van der Waals surface area contributed by atoms with Crippen LogP contribution in [0.3, 0.4) is 0 Å². The average molecular weight is 397 g/mol. The van der Waals surface area contributed by atoms with Crippen molar-refractivity contribution in [2.45, 2.75) is 49.9 Å². The first-order chi connectivity index (χ1) is 13.3. The van der Waals surface area contributed by atoms with E-state index in [0.717, 1.165) is 51.9 Å². The maximum atomic E-state index is 11.9. The molecule has 4 rings (SSSR count). The minimum atomic E-state index is 0.117. The van der Waals surface area contributed by atoms with Crippen LogP contribution in [0.15, 0.2) is 0 Å². The monoisotopic (exact) mass is 396 g/mol. The van der Waals surface area contributed by atoms with Crippen LogP contribution in [-0.4, -0.2) is 108 Å². The first-order valence-electron chi connectivity index (χ1n) is 10.4. The van der Waals surface area contributed by atoms with Gasteiger partial charge in [-0.15, -0.1) is 0 Å². The molecule has 160 valence electrons. The molecule has 8 N–H and O–H groups in total. The van der Waals surface area contributed by atoms with Crippen molar-refractivity contribution >= 4 is 12.1 Å². The second kappa shape index (κ2) is 9.25. The van der Waals surface area contributed by atoms with Gasteiger partial charge >= 0.3 is 12.1 Å². The Balaban J connectivity index is 0.000000161. The average Bonchev–Trinajstić information content (AvgIpc) is 3.43. The Hall–Kier alpha value is -1.62. The minimum Gasteiger partial charge on any atom is -0.326 e. The normalized spacial score (nSPS) is 32.7. The molecule has 0 aromatic heterocycles. The highest BCUT2D eigenvalue weighted by Crippen LogP contribution is 2.15. The SMILES string of the molecule is N[C@@H]1CCN(C(=O)N2CC[C@@H](N)C2)C1.N[C@@H]1CCN(C(=O)N2CC[C@@H](N)C2)C1. The number of nitrogens with two attached hydrogens (primary N) is 4. The summed E-state index contributed by atoms with van der Waals surface area (Å²) in [6.07, 6.45) is 3.69. The summed E-state index contributed by atoms with van der Waals surface area (Å²) in [6.45, 7) is 5.99. The quantitative estimate of drug-likeness (QED) is 0.385. The molecule has 0 aliphatic carbocycles. The summed E-state index contributed by atoms with van der Waals surface area (Å²) in [6, 6.07) is 0.882. The third-order valence-electron chi connectivity index (χ3n) is 5.98. The van der Waals surface area contributed by atoms with E-state index in [2.05, 4.69) is 0 Å². The molecule has 4 aliphatic rings. The van der Waals surface area contributed by atoms with Crippen LogP contribution in [0.1, 0.15) is 25.7 Å². The number of likely N-dealkylation sites (tertiary alicyclic amines) is 4. The lowest BCUT2D eigenvalue weighted by atomic mass is 10.3. The van der Waals surface area contributed by atoms with Gasteiger partial charge in [0, 0.05) is 76.5 Å². The molecule has 0 spiro atoms. The van der Waals surface area contributed by atoms with Crippen LogP contribution in [0.4, 0.5) is 9.59 Å². The van der Waals surface area contributed by atoms with Crippen molar-refractivity contribution in [1.29, 1.82) is 0 Å². The largest absolute Gasteiger partial charge is 0.326 e.